The van der Waals surface area contributed by atoms with E-state index in [-0.39, 0.29) is 6.10 Å². The standard InChI is InChI=1S/C10H20O/c1-7(2)6-9(5)10(11)8(3)4/h7,9-11H,3,6H2,1-2,4-5H3/t9-,10-/m0/s1. The highest BCUT2D eigenvalue weighted by molar-refractivity contribution is 4.98. The number of aliphatic hydroxyl groups is 1. The lowest BCUT2D eigenvalue weighted by molar-refractivity contribution is 0.137. The summed E-state index contributed by atoms with van der Waals surface area (Å²) in [6, 6.07) is 0. The van der Waals surface area contributed by atoms with E-state index in [9.17, 15) is 5.11 Å². The van der Waals surface area contributed by atoms with Crippen molar-refractivity contribution in [2.45, 2.75) is 40.2 Å². The molecule has 0 spiro atoms. The first-order valence-corrected chi connectivity index (χ1v) is 4.28. The van der Waals surface area contributed by atoms with Gasteiger partial charge in [-0.15, -0.1) is 0 Å². The van der Waals surface area contributed by atoms with Gasteiger partial charge in [-0.2, -0.15) is 0 Å². The van der Waals surface area contributed by atoms with Crippen LogP contribution in [0.15, 0.2) is 12.2 Å². The van der Waals surface area contributed by atoms with Crippen molar-refractivity contribution in [2.75, 3.05) is 0 Å². The molecule has 0 aliphatic heterocycles. The van der Waals surface area contributed by atoms with E-state index < -0.39 is 0 Å². The van der Waals surface area contributed by atoms with Crippen LogP contribution in [0.3, 0.4) is 0 Å². The normalized spacial score (nSPS) is 16.5. The molecule has 0 radical (unpaired) electrons. The predicted octanol–water partition coefficient (Wildman–Crippen LogP) is 2.61. The van der Waals surface area contributed by atoms with Crippen LogP contribution >= 0.6 is 0 Å². The van der Waals surface area contributed by atoms with E-state index >= 15 is 0 Å². The molecule has 0 aliphatic carbocycles. The fourth-order valence-electron chi connectivity index (χ4n) is 1.36. The average molecular weight is 156 g/mol. The van der Waals surface area contributed by atoms with Crippen molar-refractivity contribution in [1.82, 2.24) is 0 Å². The van der Waals surface area contributed by atoms with Gasteiger partial charge in [0, 0.05) is 0 Å². The highest BCUT2D eigenvalue weighted by Gasteiger charge is 2.15. The third-order valence-corrected chi connectivity index (χ3v) is 1.89. The lowest BCUT2D eigenvalue weighted by Crippen LogP contribution is -2.19. The molecule has 0 heterocycles. The lowest BCUT2D eigenvalue weighted by atomic mass is 9.91. The second-order valence-electron chi connectivity index (χ2n) is 3.90. The first-order chi connectivity index (χ1) is 4.95. The van der Waals surface area contributed by atoms with Crippen molar-refractivity contribution in [3.63, 3.8) is 0 Å². The molecule has 0 aliphatic rings. The fourth-order valence-corrected chi connectivity index (χ4v) is 1.36. The number of hydrogen-bond donors (Lipinski definition) is 1. The summed E-state index contributed by atoms with van der Waals surface area (Å²) < 4.78 is 0. The fraction of sp³-hybridized carbons (Fsp3) is 0.800. The zero-order valence-electron chi connectivity index (χ0n) is 8.09. The Morgan fingerprint density at radius 2 is 1.82 bits per heavy atom. The smallest absolute Gasteiger partial charge is 0.0770 e. The molecule has 0 aromatic heterocycles. The molecular weight excluding hydrogens is 136 g/mol. The Balaban J connectivity index is 3.82. The minimum atomic E-state index is -0.322. The maximum Gasteiger partial charge on any atom is 0.0770 e. The summed E-state index contributed by atoms with van der Waals surface area (Å²) in [6.45, 7) is 12.0. The van der Waals surface area contributed by atoms with Gasteiger partial charge < -0.3 is 5.11 Å². The van der Waals surface area contributed by atoms with Gasteiger partial charge in [-0.05, 0) is 25.2 Å². The molecule has 0 fully saturated rings. The molecule has 0 bridgehead atoms. The predicted molar refractivity (Wildman–Crippen MR) is 49.4 cm³/mol. The van der Waals surface area contributed by atoms with Gasteiger partial charge in [0.25, 0.3) is 0 Å². The van der Waals surface area contributed by atoms with Crippen molar-refractivity contribution < 1.29 is 5.11 Å². The molecule has 1 heteroatoms. The van der Waals surface area contributed by atoms with Gasteiger partial charge in [-0.3, -0.25) is 0 Å². The van der Waals surface area contributed by atoms with Crippen molar-refractivity contribution in [1.29, 1.82) is 0 Å². The topological polar surface area (TPSA) is 20.2 Å². The maximum atomic E-state index is 9.54. The van der Waals surface area contributed by atoms with Crippen molar-refractivity contribution in [2.24, 2.45) is 11.8 Å². The summed E-state index contributed by atoms with van der Waals surface area (Å²) in [6.07, 6.45) is 0.742. The van der Waals surface area contributed by atoms with Crippen molar-refractivity contribution in [3.8, 4) is 0 Å². The van der Waals surface area contributed by atoms with Gasteiger partial charge in [0.1, 0.15) is 0 Å². The van der Waals surface area contributed by atoms with Crippen LogP contribution in [0.4, 0.5) is 0 Å². The van der Waals surface area contributed by atoms with Crippen LogP contribution in [0.2, 0.25) is 0 Å². The number of hydrogen-bond acceptors (Lipinski definition) is 1. The SMILES string of the molecule is C=C(C)[C@H](O)[C@@H](C)CC(C)C. The molecule has 0 rings (SSSR count). The van der Waals surface area contributed by atoms with Crippen LogP contribution in [0, 0.1) is 11.8 Å². The van der Waals surface area contributed by atoms with Crippen LogP contribution in [0.25, 0.3) is 0 Å². The minimum Gasteiger partial charge on any atom is -0.389 e. The summed E-state index contributed by atoms with van der Waals surface area (Å²) in [5, 5.41) is 9.54. The van der Waals surface area contributed by atoms with Crippen LogP contribution in [0.1, 0.15) is 34.1 Å². The second kappa shape index (κ2) is 4.55. The Hall–Kier alpha value is -0.300. The van der Waals surface area contributed by atoms with E-state index in [2.05, 4.69) is 27.4 Å². The minimum absolute atomic E-state index is 0.322. The summed E-state index contributed by atoms with van der Waals surface area (Å²) >= 11 is 0. The molecule has 0 unspecified atom stereocenters. The van der Waals surface area contributed by atoms with Crippen molar-refractivity contribution in [3.05, 3.63) is 12.2 Å². The zero-order valence-corrected chi connectivity index (χ0v) is 8.09. The molecule has 0 saturated heterocycles. The second-order valence-corrected chi connectivity index (χ2v) is 3.90. The third-order valence-electron chi connectivity index (χ3n) is 1.89. The maximum absolute atomic E-state index is 9.54. The summed E-state index contributed by atoms with van der Waals surface area (Å²) in [5.74, 6) is 0.992. The average Bonchev–Trinajstić information content (AvgIpc) is 1.84. The van der Waals surface area contributed by atoms with E-state index in [0.29, 0.717) is 11.8 Å². The molecule has 0 amide bonds. The molecule has 0 saturated carbocycles. The highest BCUT2D eigenvalue weighted by Crippen LogP contribution is 2.18. The van der Waals surface area contributed by atoms with Crippen LogP contribution < -0.4 is 0 Å². The lowest BCUT2D eigenvalue weighted by Gasteiger charge is -2.20. The molecule has 0 aromatic rings. The molecule has 1 N–H and O–H groups in total. The molecule has 0 aromatic carbocycles. The first-order valence-electron chi connectivity index (χ1n) is 4.28. The van der Waals surface area contributed by atoms with Gasteiger partial charge in [0.15, 0.2) is 0 Å². The molecular formula is C10H20O. The molecule has 11 heavy (non-hydrogen) atoms. The highest BCUT2D eigenvalue weighted by atomic mass is 16.3. The Morgan fingerprint density at radius 1 is 1.36 bits per heavy atom. The van der Waals surface area contributed by atoms with E-state index in [1.165, 1.54) is 0 Å². The molecule has 66 valence electrons. The van der Waals surface area contributed by atoms with Gasteiger partial charge in [0.05, 0.1) is 6.10 Å². The Morgan fingerprint density at radius 3 is 2.09 bits per heavy atom. The first kappa shape index (κ1) is 10.7. The van der Waals surface area contributed by atoms with Gasteiger partial charge >= 0.3 is 0 Å². The molecule has 1 nitrogen and oxygen atoms in total. The van der Waals surface area contributed by atoms with E-state index in [4.69, 9.17) is 0 Å². The van der Waals surface area contributed by atoms with E-state index in [1.54, 1.807) is 0 Å². The zero-order chi connectivity index (χ0) is 9.02. The van der Waals surface area contributed by atoms with Gasteiger partial charge in [-0.25, -0.2) is 0 Å². The Bertz CT molecular complexity index is 127. The Kier molecular flexibility index (Phi) is 4.43. The van der Waals surface area contributed by atoms with Crippen molar-refractivity contribution >= 4 is 0 Å². The van der Waals surface area contributed by atoms with Crippen LogP contribution in [0.5, 0.6) is 0 Å². The van der Waals surface area contributed by atoms with E-state index in [0.717, 1.165) is 12.0 Å². The summed E-state index contributed by atoms with van der Waals surface area (Å²) in [5.41, 5.74) is 0.873. The van der Waals surface area contributed by atoms with Crippen LogP contribution in [-0.4, -0.2) is 11.2 Å². The van der Waals surface area contributed by atoms with Gasteiger partial charge in [-0.1, -0.05) is 32.9 Å². The monoisotopic (exact) mass is 156 g/mol. The number of rotatable bonds is 4. The van der Waals surface area contributed by atoms with Gasteiger partial charge in [0.2, 0.25) is 0 Å². The largest absolute Gasteiger partial charge is 0.389 e. The van der Waals surface area contributed by atoms with Crippen LogP contribution in [-0.2, 0) is 0 Å². The van der Waals surface area contributed by atoms with E-state index in [1.807, 2.05) is 6.92 Å². The summed E-state index contributed by atoms with van der Waals surface area (Å²) in [4.78, 5) is 0. The quantitative estimate of drug-likeness (QED) is 0.620. The Labute approximate surface area is 70.1 Å². The third kappa shape index (κ3) is 4.20. The number of aliphatic hydroxyl groups excluding tert-OH is 1. The molecule has 2 atom stereocenters. The summed E-state index contributed by atoms with van der Waals surface area (Å²) in [7, 11) is 0.